The van der Waals surface area contributed by atoms with Crippen LogP contribution in [0.4, 0.5) is 26.3 Å². The standard InChI is InChI=1S/C20H20ClN3O2S.2C2HF3O2/c1-11-18-17(4-5-25-11)26-16-3-2-12(13-6-14(21)9-23-8-13)7-15(16)20(18)10-27-19(22)24-20;2*3-2(4,5)1(6)7/h2-3,6-9,11,17-18H,4-5,10H2,1H3,(H2,22,24);2*(H,6,7)/t11-,17-,18-,20+;;/m1../s1. The van der Waals surface area contributed by atoms with Crippen molar-refractivity contribution in [1.82, 2.24) is 4.98 Å². The number of alkyl halides is 6. The fourth-order valence-corrected chi connectivity index (χ4v) is 5.78. The number of rotatable bonds is 1. The zero-order valence-electron chi connectivity index (χ0n) is 20.9. The average molecular weight is 630 g/mol. The largest absolute Gasteiger partial charge is 0.490 e. The molecule has 1 spiro atoms. The van der Waals surface area contributed by atoms with Crippen molar-refractivity contribution in [3.63, 3.8) is 0 Å². The number of carboxylic acid groups (broad SMARTS) is 2. The number of hydrogen-bond donors (Lipinski definition) is 3. The summed E-state index contributed by atoms with van der Waals surface area (Å²) in [6.45, 7) is 2.83. The Labute approximate surface area is 237 Å². The fraction of sp³-hybridized carbons (Fsp3) is 0.417. The second-order valence-corrected chi connectivity index (χ2v) is 10.4. The van der Waals surface area contributed by atoms with Crippen molar-refractivity contribution in [3.05, 3.63) is 47.2 Å². The molecule has 0 aliphatic carbocycles. The highest BCUT2D eigenvalue weighted by Crippen LogP contribution is 2.54. The molecule has 41 heavy (non-hydrogen) atoms. The monoisotopic (exact) mass is 629 g/mol. The lowest BCUT2D eigenvalue weighted by atomic mass is 9.70. The van der Waals surface area contributed by atoms with Crippen LogP contribution in [0.25, 0.3) is 11.1 Å². The molecule has 4 atom stereocenters. The number of amidine groups is 1. The van der Waals surface area contributed by atoms with Gasteiger partial charge in [0.25, 0.3) is 0 Å². The Morgan fingerprint density at radius 1 is 1.07 bits per heavy atom. The maximum absolute atomic E-state index is 10.6. The van der Waals surface area contributed by atoms with Gasteiger partial charge in [0, 0.05) is 35.7 Å². The van der Waals surface area contributed by atoms with E-state index in [0.717, 1.165) is 34.6 Å². The Kier molecular flexibility index (Phi) is 9.70. The maximum Gasteiger partial charge on any atom is 0.490 e. The minimum atomic E-state index is -5.08. The molecule has 4 heterocycles. The van der Waals surface area contributed by atoms with Gasteiger partial charge in [-0.2, -0.15) is 26.3 Å². The highest BCUT2D eigenvalue weighted by Gasteiger charge is 2.56. The molecule has 0 unspecified atom stereocenters. The molecular weight excluding hydrogens is 608 g/mol. The predicted molar refractivity (Wildman–Crippen MR) is 136 cm³/mol. The number of halogens is 7. The van der Waals surface area contributed by atoms with E-state index < -0.39 is 29.8 Å². The normalized spacial score (nSPS) is 24.8. The number of hydrogen-bond acceptors (Lipinski definition) is 8. The Morgan fingerprint density at radius 3 is 2.20 bits per heavy atom. The lowest BCUT2D eigenvalue weighted by molar-refractivity contribution is -0.193. The topological polar surface area (TPSA) is 144 Å². The second kappa shape index (κ2) is 12.3. The number of pyridine rings is 1. The number of carbonyl (C=O) groups is 2. The molecule has 0 bridgehead atoms. The lowest BCUT2D eigenvalue weighted by Crippen LogP contribution is -2.55. The first-order valence-corrected chi connectivity index (χ1v) is 12.9. The Balaban J connectivity index is 0.000000276. The molecule has 1 aromatic heterocycles. The second-order valence-electron chi connectivity index (χ2n) is 8.92. The first-order chi connectivity index (χ1) is 19.0. The highest BCUT2D eigenvalue weighted by atomic mass is 35.5. The number of nitrogens with zero attached hydrogens (tertiary/aromatic N) is 2. The molecule has 1 fully saturated rings. The molecule has 0 saturated carbocycles. The predicted octanol–water partition coefficient (Wildman–Crippen LogP) is 5.11. The van der Waals surface area contributed by atoms with Crippen LogP contribution in [0.1, 0.15) is 18.9 Å². The number of fused-ring (bicyclic) bond motifs is 4. The summed E-state index contributed by atoms with van der Waals surface area (Å²) in [6, 6.07) is 8.17. The highest BCUT2D eigenvalue weighted by molar-refractivity contribution is 8.14. The SMILES string of the molecule is C[C@H]1OCC[C@H]2Oc3ccc(-c4cncc(Cl)c4)cc3[C@@]3(CSC(N)=N3)[C@H]12.O=C(O)C(F)(F)F.O=C(O)C(F)(F)F. The molecule has 1 saturated heterocycles. The van der Waals surface area contributed by atoms with Crippen molar-refractivity contribution in [1.29, 1.82) is 0 Å². The van der Waals surface area contributed by atoms with Gasteiger partial charge in [-0.3, -0.25) is 4.98 Å². The first-order valence-electron chi connectivity index (χ1n) is 11.6. The molecule has 3 aliphatic rings. The van der Waals surface area contributed by atoms with Crippen LogP contribution in [0.5, 0.6) is 5.75 Å². The van der Waals surface area contributed by atoms with E-state index >= 15 is 0 Å². The van der Waals surface area contributed by atoms with Crippen LogP contribution in [-0.2, 0) is 19.9 Å². The van der Waals surface area contributed by atoms with Crippen molar-refractivity contribution < 1.29 is 55.6 Å². The van der Waals surface area contributed by atoms with Gasteiger partial charge in [-0.15, -0.1) is 0 Å². The van der Waals surface area contributed by atoms with E-state index in [0.29, 0.717) is 16.8 Å². The number of carboxylic acids is 2. The van der Waals surface area contributed by atoms with Gasteiger partial charge in [-0.25, -0.2) is 14.6 Å². The van der Waals surface area contributed by atoms with Crippen molar-refractivity contribution in [2.45, 2.75) is 43.4 Å². The minimum absolute atomic E-state index is 0.0589. The van der Waals surface area contributed by atoms with Crippen molar-refractivity contribution in [2.75, 3.05) is 12.4 Å². The van der Waals surface area contributed by atoms with Crippen LogP contribution in [0.3, 0.4) is 0 Å². The number of thioether (sulfide) groups is 1. The number of ether oxygens (including phenoxy) is 2. The van der Waals surface area contributed by atoms with E-state index in [2.05, 4.69) is 24.0 Å². The van der Waals surface area contributed by atoms with Gasteiger partial charge in [0.1, 0.15) is 17.4 Å². The van der Waals surface area contributed by atoms with Crippen LogP contribution < -0.4 is 10.5 Å². The van der Waals surface area contributed by atoms with Gasteiger partial charge in [-0.1, -0.05) is 29.4 Å². The van der Waals surface area contributed by atoms with E-state index in [4.69, 9.17) is 51.6 Å². The van der Waals surface area contributed by atoms with Gasteiger partial charge < -0.3 is 25.4 Å². The Bertz CT molecular complexity index is 1300. The number of aromatic nitrogens is 1. The lowest BCUT2D eigenvalue weighted by Gasteiger charge is -2.49. The summed E-state index contributed by atoms with van der Waals surface area (Å²) in [5, 5.41) is 15.5. The molecule has 224 valence electrons. The third-order valence-corrected chi connectivity index (χ3v) is 7.42. The van der Waals surface area contributed by atoms with Gasteiger partial charge in [-0.05, 0) is 30.7 Å². The van der Waals surface area contributed by atoms with E-state index in [-0.39, 0.29) is 18.1 Å². The summed E-state index contributed by atoms with van der Waals surface area (Å²) in [5.74, 6) is -3.68. The van der Waals surface area contributed by atoms with Gasteiger partial charge >= 0.3 is 24.3 Å². The van der Waals surface area contributed by atoms with E-state index in [1.165, 1.54) is 0 Å². The summed E-state index contributed by atoms with van der Waals surface area (Å²) in [5.41, 5.74) is 8.80. The summed E-state index contributed by atoms with van der Waals surface area (Å²) in [7, 11) is 0. The van der Waals surface area contributed by atoms with Crippen molar-refractivity contribution in [3.8, 4) is 16.9 Å². The van der Waals surface area contributed by atoms with Crippen LogP contribution in [0, 0.1) is 5.92 Å². The third-order valence-electron chi connectivity index (χ3n) is 6.24. The zero-order valence-corrected chi connectivity index (χ0v) is 22.4. The van der Waals surface area contributed by atoms with Crippen molar-refractivity contribution >= 4 is 40.5 Å². The van der Waals surface area contributed by atoms with Crippen LogP contribution in [0.2, 0.25) is 5.02 Å². The molecule has 5 rings (SSSR count). The average Bonchev–Trinajstić information content (AvgIpc) is 3.25. The van der Waals surface area contributed by atoms with Crippen LogP contribution in [-0.4, -0.2) is 69.2 Å². The van der Waals surface area contributed by atoms with E-state index in [9.17, 15) is 26.3 Å². The maximum atomic E-state index is 10.6. The Hall–Kier alpha value is -3.24. The summed E-state index contributed by atoms with van der Waals surface area (Å²) >= 11 is 7.75. The number of nitrogens with two attached hydrogens (primary N) is 1. The smallest absolute Gasteiger partial charge is 0.489 e. The quantitative estimate of drug-likeness (QED) is 0.367. The third kappa shape index (κ3) is 7.54. The van der Waals surface area contributed by atoms with Gasteiger partial charge in [0.05, 0.1) is 23.7 Å². The van der Waals surface area contributed by atoms with E-state index in [1.807, 2.05) is 18.3 Å². The van der Waals surface area contributed by atoms with Crippen molar-refractivity contribution in [2.24, 2.45) is 16.6 Å². The molecule has 1 aromatic carbocycles. The van der Waals surface area contributed by atoms with Gasteiger partial charge in [0.15, 0.2) is 5.17 Å². The summed E-state index contributed by atoms with van der Waals surface area (Å²) < 4.78 is 75.9. The number of aliphatic imine (C=N–C) groups is 1. The molecule has 3 aliphatic heterocycles. The number of aliphatic carboxylic acids is 2. The molecule has 0 amide bonds. The zero-order chi connectivity index (χ0) is 30.8. The minimum Gasteiger partial charge on any atom is -0.489 e. The molecule has 4 N–H and O–H groups in total. The van der Waals surface area contributed by atoms with Crippen LogP contribution in [0.15, 0.2) is 41.7 Å². The molecule has 0 radical (unpaired) electrons. The fourth-order valence-electron chi connectivity index (χ4n) is 4.60. The number of benzene rings is 1. The van der Waals surface area contributed by atoms with Gasteiger partial charge in [0.2, 0.25) is 0 Å². The molecule has 9 nitrogen and oxygen atoms in total. The van der Waals surface area contributed by atoms with Crippen LogP contribution >= 0.6 is 23.4 Å². The summed E-state index contributed by atoms with van der Waals surface area (Å²) in [4.78, 5) is 27.0. The molecular formula is C24H22ClF6N3O6S. The summed E-state index contributed by atoms with van der Waals surface area (Å²) in [6.07, 6.45) is -5.69. The Morgan fingerprint density at radius 2 is 1.68 bits per heavy atom. The van der Waals surface area contributed by atoms with E-state index in [1.54, 1.807) is 18.0 Å². The molecule has 2 aromatic rings. The first kappa shape index (κ1) is 32.3. The molecule has 17 heteroatoms.